The number of nitrogens with zero attached hydrogens (tertiary/aromatic N) is 2. The average molecular weight is 406 g/mol. The molecule has 0 spiro atoms. The smallest absolute Gasteiger partial charge is 0.338 e. The summed E-state index contributed by atoms with van der Waals surface area (Å²) in [5, 5.41) is 4.01. The predicted octanol–water partition coefficient (Wildman–Crippen LogP) is 5.18. The zero-order valence-corrected chi connectivity index (χ0v) is 16.4. The number of aromatic nitrogens is 2. The largest absolute Gasteiger partial charge is 0.467 e. The Kier molecular flexibility index (Phi) is 4.40. The van der Waals surface area contributed by atoms with Crippen LogP contribution in [0.5, 0.6) is 0 Å². The van der Waals surface area contributed by atoms with Gasteiger partial charge in [-0.1, -0.05) is 23.2 Å². The molecule has 0 saturated carbocycles. The van der Waals surface area contributed by atoms with Crippen molar-refractivity contribution in [1.29, 1.82) is 0 Å². The van der Waals surface area contributed by atoms with E-state index >= 15 is 0 Å². The third-order valence-corrected chi connectivity index (χ3v) is 5.06. The fourth-order valence-corrected chi connectivity index (χ4v) is 3.58. The van der Waals surface area contributed by atoms with Crippen LogP contribution >= 0.6 is 23.2 Å². The van der Waals surface area contributed by atoms with Crippen LogP contribution in [0.3, 0.4) is 0 Å². The topological polar surface area (TPSA) is 69.3 Å². The van der Waals surface area contributed by atoms with Crippen LogP contribution in [0.25, 0.3) is 11.0 Å². The number of fused-ring (bicyclic) bond motifs is 3. The van der Waals surface area contributed by atoms with E-state index in [4.69, 9.17) is 32.4 Å². The lowest BCUT2D eigenvalue weighted by Crippen LogP contribution is -2.29. The molecule has 1 unspecified atom stereocenters. The van der Waals surface area contributed by atoms with Gasteiger partial charge in [0.25, 0.3) is 0 Å². The SMILES string of the molecule is CC1=C(C(=O)OC(C)C)C(c2ccco2)n2c(nc3cc(Cl)c(Cl)cc32)N1. The Balaban J connectivity index is 1.96. The first-order valence-electron chi connectivity index (χ1n) is 8.46. The molecule has 8 heteroatoms. The fourth-order valence-electron chi connectivity index (χ4n) is 3.27. The van der Waals surface area contributed by atoms with Crippen molar-refractivity contribution in [3.05, 3.63) is 57.6 Å². The average Bonchev–Trinajstić information content (AvgIpc) is 3.21. The predicted molar refractivity (Wildman–Crippen MR) is 104 cm³/mol. The quantitative estimate of drug-likeness (QED) is 0.608. The number of carbonyl (C=O) groups excluding carboxylic acids is 1. The highest BCUT2D eigenvalue weighted by Crippen LogP contribution is 2.41. The summed E-state index contributed by atoms with van der Waals surface area (Å²) < 4.78 is 13.0. The second-order valence-corrected chi connectivity index (χ2v) is 7.41. The molecule has 1 aliphatic rings. The number of benzene rings is 1. The zero-order valence-electron chi connectivity index (χ0n) is 14.9. The molecule has 1 aromatic carbocycles. The molecule has 27 heavy (non-hydrogen) atoms. The molecule has 1 N–H and O–H groups in total. The summed E-state index contributed by atoms with van der Waals surface area (Å²) in [6, 6.07) is 6.50. The highest BCUT2D eigenvalue weighted by atomic mass is 35.5. The molecular formula is C19H17Cl2N3O3. The lowest BCUT2D eigenvalue weighted by atomic mass is 10.00. The molecule has 2 aromatic heterocycles. The second kappa shape index (κ2) is 6.62. The maximum Gasteiger partial charge on any atom is 0.338 e. The number of nitrogens with one attached hydrogen (secondary N) is 1. The number of halogens is 2. The molecule has 0 aliphatic carbocycles. The number of esters is 1. The number of hydrogen-bond donors (Lipinski definition) is 1. The molecule has 4 rings (SSSR count). The van der Waals surface area contributed by atoms with E-state index in [9.17, 15) is 4.79 Å². The second-order valence-electron chi connectivity index (χ2n) is 6.60. The minimum atomic E-state index is -0.537. The molecule has 140 valence electrons. The molecule has 0 bridgehead atoms. The number of carbonyl (C=O) groups is 1. The molecule has 0 radical (unpaired) electrons. The molecule has 3 heterocycles. The zero-order chi connectivity index (χ0) is 19.3. The third-order valence-electron chi connectivity index (χ3n) is 4.34. The Morgan fingerprint density at radius 1 is 1.33 bits per heavy atom. The van der Waals surface area contributed by atoms with Gasteiger partial charge >= 0.3 is 5.97 Å². The van der Waals surface area contributed by atoms with Gasteiger partial charge in [0, 0.05) is 5.70 Å². The van der Waals surface area contributed by atoms with Gasteiger partial charge in [-0.15, -0.1) is 0 Å². The monoisotopic (exact) mass is 405 g/mol. The number of imidazole rings is 1. The summed E-state index contributed by atoms with van der Waals surface area (Å²) in [6.07, 6.45) is 1.32. The van der Waals surface area contributed by atoms with Gasteiger partial charge < -0.3 is 14.5 Å². The Hall–Kier alpha value is -2.44. The lowest BCUT2D eigenvalue weighted by molar-refractivity contribution is -0.143. The van der Waals surface area contributed by atoms with Crippen molar-refractivity contribution in [3.63, 3.8) is 0 Å². The van der Waals surface area contributed by atoms with Crippen molar-refractivity contribution in [1.82, 2.24) is 9.55 Å². The summed E-state index contributed by atoms with van der Waals surface area (Å²) in [6.45, 7) is 5.44. The summed E-state index contributed by atoms with van der Waals surface area (Å²) in [7, 11) is 0. The van der Waals surface area contributed by atoms with Crippen molar-refractivity contribution in [2.75, 3.05) is 5.32 Å². The van der Waals surface area contributed by atoms with E-state index in [0.717, 1.165) is 5.52 Å². The van der Waals surface area contributed by atoms with Crippen molar-refractivity contribution in [2.24, 2.45) is 0 Å². The van der Waals surface area contributed by atoms with Gasteiger partial charge in [0.1, 0.15) is 11.8 Å². The van der Waals surface area contributed by atoms with Gasteiger partial charge in [-0.05, 0) is 45.0 Å². The third kappa shape index (κ3) is 2.99. The minimum absolute atomic E-state index is 0.246. The van der Waals surface area contributed by atoms with Crippen molar-refractivity contribution >= 4 is 46.2 Å². The number of anilines is 1. The van der Waals surface area contributed by atoms with Gasteiger partial charge in [-0.25, -0.2) is 9.78 Å². The molecular weight excluding hydrogens is 389 g/mol. The van der Waals surface area contributed by atoms with E-state index in [2.05, 4.69) is 10.3 Å². The first-order chi connectivity index (χ1) is 12.9. The minimum Gasteiger partial charge on any atom is -0.467 e. The van der Waals surface area contributed by atoms with Crippen molar-refractivity contribution in [3.8, 4) is 0 Å². The van der Waals surface area contributed by atoms with E-state index < -0.39 is 12.0 Å². The van der Waals surface area contributed by atoms with Crippen LogP contribution in [0.2, 0.25) is 10.0 Å². The molecule has 0 amide bonds. The van der Waals surface area contributed by atoms with Crippen LogP contribution in [0.4, 0.5) is 5.95 Å². The Morgan fingerprint density at radius 3 is 2.74 bits per heavy atom. The van der Waals surface area contributed by atoms with Crippen LogP contribution in [-0.4, -0.2) is 21.6 Å². The highest BCUT2D eigenvalue weighted by Gasteiger charge is 2.37. The maximum atomic E-state index is 12.9. The molecule has 1 aliphatic heterocycles. The molecule has 0 saturated heterocycles. The van der Waals surface area contributed by atoms with E-state index in [-0.39, 0.29) is 6.10 Å². The maximum absolute atomic E-state index is 12.9. The van der Waals surface area contributed by atoms with Crippen molar-refractivity contribution < 1.29 is 13.9 Å². The number of allylic oxidation sites excluding steroid dienone is 1. The van der Waals surface area contributed by atoms with Gasteiger partial charge in [-0.3, -0.25) is 4.57 Å². The van der Waals surface area contributed by atoms with Gasteiger partial charge in [0.2, 0.25) is 5.95 Å². The van der Waals surface area contributed by atoms with E-state index in [1.165, 1.54) is 0 Å². The Labute approximate surface area is 165 Å². The van der Waals surface area contributed by atoms with Gasteiger partial charge in [-0.2, -0.15) is 0 Å². The van der Waals surface area contributed by atoms with E-state index in [0.29, 0.717) is 38.5 Å². The van der Waals surface area contributed by atoms with Gasteiger partial charge in [0.15, 0.2) is 0 Å². The molecule has 0 fully saturated rings. The normalized spacial score (nSPS) is 16.6. The first kappa shape index (κ1) is 17.9. The number of hydrogen-bond acceptors (Lipinski definition) is 5. The van der Waals surface area contributed by atoms with Crippen LogP contribution in [-0.2, 0) is 9.53 Å². The first-order valence-corrected chi connectivity index (χ1v) is 9.21. The number of ether oxygens (including phenoxy) is 1. The summed E-state index contributed by atoms with van der Waals surface area (Å²) in [5.74, 6) is 0.755. The summed E-state index contributed by atoms with van der Waals surface area (Å²) in [4.78, 5) is 17.5. The number of rotatable bonds is 3. The summed E-state index contributed by atoms with van der Waals surface area (Å²) in [5.41, 5.74) is 2.50. The van der Waals surface area contributed by atoms with Crippen molar-refractivity contribution in [2.45, 2.75) is 32.9 Å². The van der Waals surface area contributed by atoms with Crippen LogP contribution in [0.1, 0.15) is 32.6 Å². The lowest BCUT2D eigenvalue weighted by Gasteiger charge is -2.29. The molecule has 6 nitrogen and oxygen atoms in total. The van der Waals surface area contributed by atoms with Crippen LogP contribution in [0, 0.1) is 0 Å². The van der Waals surface area contributed by atoms with E-state index in [1.54, 1.807) is 24.5 Å². The Bertz CT molecular complexity index is 1070. The fraction of sp³-hybridized carbons (Fsp3) is 0.263. The number of furan rings is 1. The molecule has 3 aromatic rings. The summed E-state index contributed by atoms with van der Waals surface area (Å²) >= 11 is 12.4. The Morgan fingerprint density at radius 2 is 2.07 bits per heavy atom. The van der Waals surface area contributed by atoms with E-state index in [1.807, 2.05) is 31.4 Å². The molecule has 1 atom stereocenters. The van der Waals surface area contributed by atoms with Gasteiger partial charge in [0.05, 0.1) is 39.0 Å². The standard InChI is InChI=1S/C19H17Cl2N3O3/c1-9(2)27-18(25)16-10(3)22-19-23-13-7-11(20)12(21)8-14(13)24(19)17(16)15-5-4-6-26-15/h4-9,17H,1-3H3,(H,22,23). The van der Waals surface area contributed by atoms with Crippen LogP contribution < -0.4 is 5.32 Å². The highest BCUT2D eigenvalue weighted by molar-refractivity contribution is 6.42. The van der Waals surface area contributed by atoms with Crippen LogP contribution in [0.15, 0.2) is 46.2 Å².